The topological polar surface area (TPSA) is 92.9 Å². The number of carboxylic acid groups (broad SMARTS) is 1. The van der Waals surface area contributed by atoms with Crippen molar-refractivity contribution >= 4 is 23.2 Å². The Labute approximate surface area is 137 Å². The smallest absolute Gasteiger partial charge is 0.323 e. The number of oxazole rings is 1. The first-order valence-corrected chi connectivity index (χ1v) is 7.93. The lowest BCUT2D eigenvalue weighted by Gasteiger charge is -2.19. The molecule has 124 valence electrons. The lowest BCUT2D eigenvalue weighted by molar-refractivity contribution is -0.144. The minimum atomic E-state index is -1.06. The van der Waals surface area contributed by atoms with Crippen LogP contribution in [0, 0.1) is 6.92 Å². The Morgan fingerprint density at radius 1 is 1.48 bits per heavy atom. The van der Waals surface area contributed by atoms with Crippen molar-refractivity contribution in [2.24, 2.45) is 0 Å². The molecular formula is C15H18N2O5S. The summed E-state index contributed by atoms with van der Waals surface area (Å²) in [7, 11) is 1.50. The maximum atomic E-state index is 12.3. The summed E-state index contributed by atoms with van der Waals surface area (Å²) in [6.45, 7) is 1.87. The number of carboxylic acids is 1. The fourth-order valence-electron chi connectivity index (χ4n) is 2.01. The van der Waals surface area contributed by atoms with Gasteiger partial charge in [0.05, 0.1) is 18.7 Å². The normalized spacial score (nSPS) is 10.7. The van der Waals surface area contributed by atoms with E-state index in [2.05, 4.69) is 4.98 Å². The first kappa shape index (κ1) is 17.2. The third kappa shape index (κ3) is 4.64. The zero-order valence-corrected chi connectivity index (χ0v) is 13.8. The molecule has 2 heterocycles. The summed E-state index contributed by atoms with van der Waals surface area (Å²) < 4.78 is 10.5. The molecule has 0 spiro atoms. The second-order valence-electron chi connectivity index (χ2n) is 4.91. The molecule has 1 amide bonds. The molecule has 23 heavy (non-hydrogen) atoms. The standard InChI is InChI=1S/C15H18N2O5S/c1-10-12(16-15(22-10)11-3-6-23-9-11)7-13(18)17(4-5-21-2)8-14(19)20/h3,6,9H,4-5,7-8H2,1-2H3,(H,19,20). The van der Waals surface area contributed by atoms with Crippen LogP contribution in [0.3, 0.4) is 0 Å². The van der Waals surface area contributed by atoms with Crippen LogP contribution < -0.4 is 0 Å². The highest BCUT2D eigenvalue weighted by atomic mass is 32.1. The summed E-state index contributed by atoms with van der Waals surface area (Å²) >= 11 is 1.53. The van der Waals surface area contributed by atoms with Gasteiger partial charge in [0.25, 0.3) is 0 Å². The van der Waals surface area contributed by atoms with Gasteiger partial charge in [0, 0.05) is 24.6 Å². The molecule has 0 atom stereocenters. The van der Waals surface area contributed by atoms with Crippen molar-refractivity contribution in [3.8, 4) is 11.5 Å². The summed E-state index contributed by atoms with van der Waals surface area (Å²) in [6, 6.07) is 1.89. The molecule has 0 aliphatic rings. The van der Waals surface area contributed by atoms with Crippen LogP contribution in [0.5, 0.6) is 0 Å². The Kier molecular flexibility index (Phi) is 5.89. The largest absolute Gasteiger partial charge is 0.480 e. The van der Waals surface area contributed by atoms with Crippen molar-refractivity contribution in [2.45, 2.75) is 13.3 Å². The number of ether oxygens (including phenoxy) is 1. The number of aryl methyl sites for hydroxylation is 1. The van der Waals surface area contributed by atoms with Crippen molar-refractivity contribution < 1.29 is 23.8 Å². The number of carbonyl (C=O) groups excluding carboxylic acids is 1. The number of methoxy groups -OCH3 is 1. The van der Waals surface area contributed by atoms with Gasteiger partial charge in [-0.25, -0.2) is 4.98 Å². The minimum Gasteiger partial charge on any atom is -0.480 e. The van der Waals surface area contributed by atoms with Gasteiger partial charge in [-0.2, -0.15) is 11.3 Å². The first-order valence-electron chi connectivity index (χ1n) is 6.98. The number of rotatable bonds is 8. The van der Waals surface area contributed by atoms with Gasteiger partial charge in [0.1, 0.15) is 12.3 Å². The molecule has 0 bridgehead atoms. The van der Waals surface area contributed by atoms with Gasteiger partial charge >= 0.3 is 5.97 Å². The van der Waals surface area contributed by atoms with Crippen LogP contribution in [-0.4, -0.2) is 53.7 Å². The molecule has 0 saturated heterocycles. The third-order valence-corrected chi connectivity index (χ3v) is 3.91. The molecule has 2 rings (SSSR count). The van der Waals surface area contributed by atoms with Crippen LogP contribution in [0.2, 0.25) is 0 Å². The maximum Gasteiger partial charge on any atom is 0.323 e. The minimum absolute atomic E-state index is 0.00351. The van der Waals surface area contributed by atoms with Gasteiger partial charge in [-0.05, 0) is 18.4 Å². The predicted molar refractivity (Wildman–Crippen MR) is 84.3 cm³/mol. The van der Waals surface area contributed by atoms with Crippen molar-refractivity contribution in [1.29, 1.82) is 0 Å². The highest BCUT2D eigenvalue weighted by Crippen LogP contribution is 2.24. The van der Waals surface area contributed by atoms with E-state index in [1.807, 2.05) is 16.8 Å². The van der Waals surface area contributed by atoms with Crippen LogP contribution in [0.1, 0.15) is 11.5 Å². The molecule has 0 fully saturated rings. The number of hydrogen-bond donors (Lipinski definition) is 1. The van der Waals surface area contributed by atoms with Crippen molar-refractivity contribution in [2.75, 3.05) is 26.8 Å². The van der Waals surface area contributed by atoms with E-state index >= 15 is 0 Å². The van der Waals surface area contributed by atoms with Crippen LogP contribution in [0.15, 0.2) is 21.2 Å². The molecule has 2 aromatic heterocycles. The Hall–Kier alpha value is -2.19. The molecule has 0 radical (unpaired) electrons. The highest BCUT2D eigenvalue weighted by molar-refractivity contribution is 7.08. The van der Waals surface area contributed by atoms with Crippen molar-refractivity contribution in [3.05, 3.63) is 28.3 Å². The van der Waals surface area contributed by atoms with Crippen molar-refractivity contribution in [3.63, 3.8) is 0 Å². The summed E-state index contributed by atoms with van der Waals surface area (Å²) in [5, 5.41) is 12.7. The summed E-state index contributed by atoms with van der Waals surface area (Å²) in [6.07, 6.45) is -0.00351. The number of aromatic nitrogens is 1. The zero-order chi connectivity index (χ0) is 16.8. The van der Waals surface area contributed by atoms with Gasteiger partial charge in [-0.1, -0.05) is 0 Å². The predicted octanol–water partition coefficient (Wildman–Crippen LogP) is 1.81. The van der Waals surface area contributed by atoms with E-state index in [0.29, 0.717) is 17.3 Å². The number of nitrogens with zero attached hydrogens (tertiary/aromatic N) is 2. The Morgan fingerprint density at radius 2 is 2.26 bits per heavy atom. The number of thiophene rings is 1. The fourth-order valence-corrected chi connectivity index (χ4v) is 2.64. The van der Waals surface area contributed by atoms with Gasteiger partial charge in [0.2, 0.25) is 11.8 Å². The Bertz CT molecular complexity index is 665. The second-order valence-corrected chi connectivity index (χ2v) is 5.69. The lowest BCUT2D eigenvalue weighted by atomic mass is 10.2. The molecule has 0 aliphatic heterocycles. The van der Waals surface area contributed by atoms with Gasteiger partial charge < -0.3 is 19.2 Å². The monoisotopic (exact) mass is 338 g/mol. The first-order chi connectivity index (χ1) is 11.0. The zero-order valence-electron chi connectivity index (χ0n) is 12.9. The van der Waals surface area contributed by atoms with Gasteiger partial charge in [-0.15, -0.1) is 0 Å². The Morgan fingerprint density at radius 3 is 2.87 bits per heavy atom. The quantitative estimate of drug-likeness (QED) is 0.789. The van der Waals surface area contributed by atoms with Crippen LogP contribution in [0.4, 0.5) is 0 Å². The van der Waals surface area contributed by atoms with Crippen LogP contribution in [0.25, 0.3) is 11.5 Å². The third-order valence-electron chi connectivity index (χ3n) is 3.22. The average Bonchev–Trinajstić information content (AvgIpc) is 3.13. The second kappa shape index (κ2) is 7.89. The highest BCUT2D eigenvalue weighted by Gasteiger charge is 2.21. The number of aliphatic carboxylic acids is 1. The van der Waals surface area contributed by atoms with E-state index in [4.69, 9.17) is 14.3 Å². The van der Waals surface area contributed by atoms with Gasteiger partial charge in [0.15, 0.2) is 0 Å². The summed E-state index contributed by atoms with van der Waals surface area (Å²) in [4.78, 5) is 28.8. The molecule has 1 N–H and O–H groups in total. The molecule has 0 aliphatic carbocycles. The fraction of sp³-hybridized carbons (Fsp3) is 0.400. The molecule has 7 nitrogen and oxygen atoms in total. The molecule has 8 heteroatoms. The summed E-state index contributed by atoms with van der Waals surface area (Å²) in [5.41, 5.74) is 1.38. The molecule has 0 saturated carbocycles. The molecule has 2 aromatic rings. The van der Waals surface area contributed by atoms with E-state index in [1.165, 1.54) is 23.3 Å². The molecule has 0 aromatic carbocycles. The average molecular weight is 338 g/mol. The number of hydrogen-bond acceptors (Lipinski definition) is 6. The van der Waals surface area contributed by atoms with E-state index in [0.717, 1.165) is 5.56 Å². The SMILES string of the molecule is COCCN(CC(=O)O)C(=O)Cc1nc(-c2ccsc2)oc1C. The van der Waals surface area contributed by atoms with E-state index in [-0.39, 0.29) is 32.0 Å². The lowest BCUT2D eigenvalue weighted by Crippen LogP contribution is -2.39. The Balaban J connectivity index is 2.10. The summed E-state index contributed by atoms with van der Waals surface area (Å²) in [5.74, 6) is -0.363. The number of carbonyl (C=O) groups is 2. The maximum absolute atomic E-state index is 12.3. The van der Waals surface area contributed by atoms with E-state index < -0.39 is 5.97 Å². The van der Waals surface area contributed by atoms with Crippen LogP contribution >= 0.6 is 11.3 Å². The van der Waals surface area contributed by atoms with Crippen LogP contribution in [-0.2, 0) is 20.7 Å². The molecular weight excluding hydrogens is 320 g/mol. The molecule has 0 unspecified atom stereocenters. The van der Waals surface area contributed by atoms with Crippen molar-refractivity contribution in [1.82, 2.24) is 9.88 Å². The van der Waals surface area contributed by atoms with E-state index in [1.54, 1.807) is 6.92 Å². The van der Waals surface area contributed by atoms with E-state index in [9.17, 15) is 9.59 Å². The van der Waals surface area contributed by atoms with Gasteiger partial charge in [-0.3, -0.25) is 9.59 Å². The number of amides is 1.